The molecule has 0 aliphatic carbocycles. The van der Waals surface area contributed by atoms with E-state index >= 15 is 0 Å². The third kappa shape index (κ3) is 4.94. The minimum absolute atomic E-state index is 0.0140. The number of amides is 1. The predicted molar refractivity (Wildman–Crippen MR) is 88.4 cm³/mol. The van der Waals surface area contributed by atoms with Gasteiger partial charge in [0.2, 0.25) is 15.9 Å². The summed E-state index contributed by atoms with van der Waals surface area (Å²) in [4.78, 5) is 12.0. The molecule has 1 aromatic heterocycles. The molecule has 0 radical (unpaired) electrons. The fraction of sp³-hybridized carbons (Fsp3) is 0.250. The zero-order valence-electron chi connectivity index (χ0n) is 13.1. The van der Waals surface area contributed by atoms with Gasteiger partial charge in [-0.15, -0.1) is 0 Å². The summed E-state index contributed by atoms with van der Waals surface area (Å²) >= 11 is 0. The Morgan fingerprint density at radius 3 is 2.67 bits per heavy atom. The van der Waals surface area contributed by atoms with Crippen molar-refractivity contribution in [3.8, 4) is 6.07 Å². The summed E-state index contributed by atoms with van der Waals surface area (Å²) in [5.41, 5.74) is 0.753. The average Bonchev–Trinajstić information content (AvgIpc) is 3.04. The Hall–Kier alpha value is -2.63. The normalized spacial score (nSPS) is 11.2. The van der Waals surface area contributed by atoms with Gasteiger partial charge in [-0.2, -0.15) is 9.57 Å². The maximum Gasteiger partial charge on any atom is 0.225 e. The molecule has 0 saturated carbocycles. The number of carbonyl (C=O) groups excluding carboxylic acids is 1. The number of para-hydroxylation sites is 1. The Kier molecular flexibility index (Phi) is 5.73. The summed E-state index contributed by atoms with van der Waals surface area (Å²) in [5.74, 6) is 0.126. The van der Waals surface area contributed by atoms with Gasteiger partial charge in [-0.05, 0) is 24.3 Å². The number of nitrogens with one attached hydrogen (secondary N) is 1. The Morgan fingerprint density at radius 1 is 1.29 bits per heavy atom. The first-order valence-electron chi connectivity index (χ1n) is 7.16. The number of furan rings is 1. The van der Waals surface area contributed by atoms with Crippen molar-refractivity contribution in [3.63, 3.8) is 0 Å². The summed E-state index contributed by atoms with van der Waals surface area (Å²) < 4.78 is 30.0. The van der Waals surface area contributed by atoms with E-state index in [2.05, 4.69) is 5.32 Å². The fourth-order valence-electron chi connectivity index (χ4n) is 2.07. The van der Waals surface area contributed by atoms with Crippen LogP contribution in [0.3, 0.4) is 0 Å². The lowest BCUT2D eigenvalue weighted by Crippen LogP contribution is -2.32. The first-order valence-corrected chi connectivity index (χ1v) is 9.01. The van der Waals surface area contributed by atoms with Gasteiger partial charge in [-0.1, -0.05) is 12.1 Å². The van der Waals surface area contributed by atoms with Crippen LogP contribution in [0.1, 0.15) is 17.7 Å². The van der Waals surface area contributed by atoms with E-state index in [4.69, 9.17) is 9.68 Å². The van der Waals surface area contributed by atoms with Gasteiger partial charge in [0.05, 0.1) is 30.3 Å². The molecule has 0 bridgehead atoms. The summed E-state index contributed by atoms with van der Waals surface area (Å²) in [5, 5.41) is 11.6. The van der Waals surface area contributed by atoms with E-state index in [9.17, 15) is 13.2 Å². The molecule has 8 heteroatoms. The lowest BCUT2D eigenvalue weighted by atomic mass is 10.2. The van der Waals surface area contributed by atoms with Crippen molar-refractivity contribution in [2.75, 3.05) is 18.1 Å². The van der Waals surface area contributed by atoms with Crippen LogP contribution in [0, 0.1) is 11.3 Å². The molecule has 0 fully saturated rings. The molecule has 126 valence electrons. The summed E-state index contributed by atoms with van der Waals surface area (Å²) in [6, 6.07) is 11.9. The number of anilines is 1. The quantitative estimate of drug-likeness (QED) is 0.824. The van der Waals surface area contributed by atoms with Crippen molar-refractivity contribution in [2.45, 2.75) is 13.0 Å². The minimum atomic E-state index is -3.48. The number of hydrogen-bond donors (Lipinski definition) is 1. The highest BCUT2D eigenvalue weighted by Gasteiger charge is 2.19. The van der Waals surface area contributed by atoms with Crippen molar-refractivity contribution in [1.29, 1.82) is 5.26 Å². The maximum atomic E-state index is 12.0. The smallest absolute Gasteiger partial charge is 0.225 e. The number of nitrogens with zero attached hydrogens (tertiary/aromatic N) is 2. The Bertz CT molecular complexity index is 838. The lowest BCUT2D eigenvalue weighted by Gasteiger charge is -2.18. The van der Waals surface area contributed by atoms with Crippen LogP contribution >= 0.6 is 0 Å². The van der Waals surface area contributed by atoms with Crippen LogP contribution in [0.2, 0.25) is 0 Å². The molecule has 0 aliphatic rings. The van der Waals surface area contributed by atoms with Crippen LogP contribution in [0.5, 0.6) is 0 Å². The maximum absolute atomic E-state index is 12.0. The van der Waals surface area contributed by atoms with E-state index in [1.807, 2.05) is 6.07 Å². The van der Waals surface area contributed by atoms with E-state index < -0.39 is 10.0 Å². The van der Waals surface area contributed by atoms with E-state index in [0.29, 0.717) is 17.0 Å². The molecule has 0 spiro atoms. The number of carbonyl (C=O) groups is 1. The number of hydrogen-bond acceptors (Lipinski definition) is 5. The molecule has 7 nitrogen and oxygen atoms in total. The van der Waals surface area contributed by atoms with Gasteiger partial charge in [0.25, 0.3) is 0 Å². The largest absolute Gasteiger partial charge is 0.468 e. The van der Waals surface area contributed by atoms with Crippen LogP contribution in [0.25, 0.3) is 0 Å². The molecule has 1 aromatic carbocycles. The van der Waals surface area contributed by atoms with Gasteiger partial charge in [0.1, 0.15) is 11.8 Å². The topological polar surface area (TPSA) is 103 Å². The summed E-state index contributed by atoms with van der Waals surface area (Å²) in [6.45, 7) is 0.0774. The third-order valence-electron chi connectivity index (χ3n) is 3.29. The molecule has 1 heterocycles. The van der Waals surface area contributed by atoms with Crippen LogP contribution in [0.4, 0.5) is 5.69 Å². The van der Waals surface area contributed by atoms with Crippen molar-refractivity contribution in [3.05, 3.63) is 54.0 Å². The second kappa shape index (κ2) is 7.77. The Balaban J connectivity index is 1.98. The molecule has 0 saturated heterocycles. The molecule has 2 aromatic rings. The highest BCUT2D eigenvalue weighted by molar-refractivity contribution is 7.88. The highest BCUT2D eigenvalue weighted by atomic mass is 32.2. The fourth-order valence-corrected chi connectivity index (χ4v) is 2.85. The van der Waals surface area contributed by atoms with E-state index in [-0.39, 0.29) is 25.4 Å². The second-order valence-corrected chi connectivity index (χ2v) is 7.11. The second-order valence-electron chi connectivity index (χ2n) is 5.13. The van der Waals surface area contributed by atoms with E-state index in [1.54, 1.807) is 36.4 Å². The number of sulfonamides is 1. The van der Waals surface area contributed by atoms with Gasteiger partial charge < -0.3 is 9.73 Å². The molecule has 0 atom stereocenters. The van der Waals surface area contributed by atoms with Crippen LogP contribution in [-0.4, -0.2) is 31.4 Å². The van der Waals surface area contributed by atoms with Gasteiger partial charge in [-0.25, -0.2) is 8.42 Å². The first-order chi connectivity index (χ1) is 11.4. The standard InChI is InChI=1S/C16H17N3O4S/c1-24(21,22)19(12-14-6-4-10-23-14)9-8-16(20)18-15-7-3-2-5-13(15)11-17/h2-7,10H,8-9,12H2,1H3,(H,18,20). The molecule has 2 rings (SSSR count). The van der Waals surface area contributed by atoms with Crippen molar-refractivity contribution in [2.24, 2.45) is 0 Å². The van der Waals surface area contributed by atoms with Gasteiger partial charge in [0, 0.05) is 13.0 Å². The summed E-state index contributed by atoms with van der Waals surface area (Å²) in [6.07, 6.45) is 2.51. The predicted octanol–water partition coefficient (Wildman–Crippen LogP) is 1.94. The van der Waals surface area contributed by atoms with Crippen LogP contribution < -0.4 is 5.32 Å². The SMILES string of the molecule is CS(=O)(=O)N(CCC(=O)Nc1ccccc1C#N)Cc1ccco1. The molecule has 1 amide bonds. The van der Waals surface area contributed by atoms with Crippen LogP contribution in [-0.2, 0) is 21.4 Å². The third-order valence-corrected chi connectivity index (χ3v) is 4.54. The Morgan fingerprint density at radius 2 is 2.04 bits per heavy atom. The van der Waals surface area contributed by atoms with E-state index in [0.717, 1.165) is 6.26 Å². The van der Waals surface area contributed by atoms with Crippen molar-refractivity contribution >= 4 is 21.6 Å². The zero-order valence-corrected chi connectivity index (χ0v) is 13.9. The van der Waals surface area contributed by atoms with Crippen molar-refractivity contribution < 1.29 is 17.6 Å². The molecule has 24 heavy (non-hydrogen) atoms. The summed E-state index contributed by atoms with van der Waals surface area (Å²) in [7, 11) is -3.48. The van der Waals surface area contributed by atoms with E-state index in [1.165, 1.54) is 10.6 Å². The first kappa shape index (κ1) is 17.7. The minimum Gasteiger partial charge on any atom is -0.468 e. The number of benzene rings is 1. The van der Waals surface area contributed by atoms with Crippen molar-refractivity contribution in [1.82, 2.24) is 4.31 Å². The lowest BCUT2D eigenvalue weighted by molar-refractivity contribution is -0.116. The van der Waals surface area contributed by atoms with Gasteiger partial charge in [-0.3, -0.25) is 4.79 Å². The zero-order chi connectivity index (χ0) is 17.6. The van der Waals surface area contributed by atoms with Crippen LogP contribution in [0.15, 0.2) is 47.1 Å². The average molecular weight is 347 g/mol. The molecular formula is C16H17N3O4S. The molecule has 1 N–H and O–H groups in total. The van der Waals surface area contributed by atoms with Gasteiger partial charge >= 0.3 is 0 Å². The molecule has 0 aliphatic heterocycles. The number of nitriles is 1. The Labute approximate surface area is 140 Å². The molecule has 0 unspecified atom stereocenters. The monoisotopic (exact) mass is 347 g/mol. The molecular weight excluding hydrogens is 330 g/mol. The highest BCUT2D eigenvalue weighted by Crippen LogP contribution is 2.14. The van der Waals surface area contributed by atoms with Gasteiger partial charge in [0.15, 0.2) is 0 Å². The number of rotatable bonds is 7.